The van der Waals surface area contributed by atoms with Crippen LogP contribution >= 0.6 is 24.0 Å². The van der Waals surface area contributed by atoms with Crippen molar-refractivity contribution in [2.75, 3.05) is 11.5 Å². The average molecular weight is 430 g/mol. The molecule has 0 atom stereocenters. The van der Waals surface area contributed by atoms with Crippen LogP contribution < -0.4 is 22.6 Å². The third-order valence-electron chi connectivity index (χ3n) is 2.92. The van der Waals surface area contributed by atoms with Gasteiger partial charge in [0.05, 0.1) is 0 Å². The van der Waals surface area contributed by atoms with Crippen LogP contribution in [-0.2, 0) is 5.75 Å². The molecule has 13 heteroatoms. The Bertz CT molecular complexity index is 1090. The molecule has 150 valence electrons. The summed E-state index contributed by atoms with van der Waals surface area (Å²) in [4.78, 5) is 32.8. The van der Waals surface area contributed by atoms with Gasteiger partial charge in [-0.15, -0.1) is 0 Å². The molecule has 0 aliphatic heterocycles. The van der Waals surface area contributed by atoms with Gasteiger partial charge in [-0.05, 0) is 18.3 Å². The van der Waals surface area contributed by atoms with E-state index in [0.29, 0.717) is 0 Å². The van der Waals surface area contributed by atoms with Crippen molar-refractivity contribution in [2.45, 2.75) is 10.9 Å². The molecule has 1 aromatic carbocycles. The van der Waals surface area contributed by atoms with Crippen molar-refractivity contribution in [1.29, 1.82) is 0 Å². The van der Waals surface area contributed by atoms with Crippen LogP contribution in [0.15, 0.2) is 45.1 Å². The predicted molar refractivity (Wildman–Crippen MR) is 105 cm³/mol. The second kappa shape index (κ2) is 10.3. The number of thioether (sulfide) groups is 1. The fourth-order valence-corrected chi connectivity index (χ4v) is 2.89. The maximum atomic E-state index is 13.4. The maximum absolute atomic E-state index is 13.4. The number of hydrogen-bond donors (Lipinski definition) is 5. The number of nitrogen functional groups attached to an aromatic ring is 2. The SMILES string of the molecule is Nc1cc(=O)[nH]c(=S)[nH]1.Nc1cc(=O)[nH]c(SCc2cccc(F)c2F)n1.O. The topological polar surface area (TPSA) is 178 Å². The Morgan fingerprint density at radius 3 is 2.36 bits per heavy atom. The highest BCUT2D eigenvalue weighted by Gasteiger charge is 2.08. The second-order valence-electron chi connectivity index (χ2n) is 5.02. The summed E-state index contributed by atoms with van der Waals surface area (Å²) in [6, 6.07) is 6.31. The Morgan fingerprint density at radius 2 is 1.75 bits per heavy atom. The first-order valence-corrected chi connectivity index (χ1v) is 8.65. The standard InChI is InChI=1S/C11H9F2N3OS.C4H5N3OS.H2O/c12-7-3-1-2-6(10(7)13)5-18-11-15-8(14)4-9(17)16-11;5-2-1-3(8)7-4(9)6-2;/h1-4H,5H2,(H3,14,15,16,17);1H,(H4,5,6,7,8,9);1H2. The van der Waals surface area contributed by atoms with Crippen LogP contribution in [0.25, 0.3) is 0 Å². The van der Waals surface area contributed by atoms with E-state index < -0.39 is 11.6 Å². The molecule has 2 aromatic heterocycles. The fourth-order valence-electron chi connectivity index (χ4n) is 1.82. The number of nitrogens with one attached hydrogen (secondary N) is 3. The van der Waals surface area contributed by atoms with Gasteiger partial charge in [0.2, 0.25) is 0 Å². The second-order valence-corrected chi connectivity index (χ2v) is 6.39. The Kier molecular flexibility index (Phi) is 8.50. The molecular weight excluding hydrogens is 414 g/mol. The van der Waals surface area contributed by atoms with E-state index in [0.717, 1.165) is 23.9 Å². The van der Waals surface area contributed by atoms with Gasteiger partial charge in [0.1, 0.15) is 11.6 Å². The molecule has 0 saturated carbocycles. The molecule has 3 rings (SSSR count). The minimum Gasteiger partial charge on any atom is -0.412 e. The van der Waals surface area contributed by atoms with Crippen molar-refractivity contribution in [1.82, 2.24) is 19.9 Å². The minimum absolute atomic E-state index is 0. The molecule has 0 aliphatic carbocycles. The highest BCUT2D eigenvalue weighted by atomic mass is 32.2. The third kappa shape index (κ3) is 6.94. The number of nitrogens with zero attached hydrogens (tertiary/aromatic N) is 1. The Morgan fingerprint density at radius 1 is 1.07 bits per heavy atom. The molecule has 9 N–H and O–H groups in total. The highest BCUT2D eigenvalue weighted by Crippen LogP contribution is 2.21. The molecule has 0 fully saturated rings. The van der Waals surface area contributed by atoms with E-state index in [1.165, 1.54) is 18.2 Å². The van der Waals surface area contributed by atoms with Gasteiger partial charge in [-0.3, -0.25) is 14.6 Å². The summed E-state index contributed by atoms with van der Waals surface area (Å²) >= 11 is 5.67. The van der Waals surface area contributed by atoms with Crippen molar-refractivity contribution in [3.05, 3.63) is 73.0 Å². The number of aromatic amines is 3. The zero-order valence-corrected chi connectivity index (χ0v) is 15.7. The lowest BCUT2D eigenvalue weighted by Crippen LogP contribution is -2.09. The zero-order chi connectivity index (χ0) is 20.0. The average Bonchev–Trinajstić information content (AvgIpc) is 2.54. The van der Waals surface area contributed by atoms with Gasteiger partial charge in [0, 0.05) is 23.4 Å². The number of H-pyrrole nitrogens is 3. The van der Waals surface area contributed by atoms with Crippen molar-refractivity contribution in [2.24, 2.45) is 0 Å². The van der Waals surface area contributed by atoms with Gasteiger partial charge >= 0.3 is 0 Å². The summed E-state index contributed by atoms with van der Waals surface area (Å²) in [5, 5.41) is 0.267. The Balaban J connectivity index is 0.000000332. The summed E-state index contributed by atoms with van der Waals surface area (Å²) in [7, 11) is 0. The lowest BCUT2D eigenvalue weighted by Gasteiger charge is -2.03. The normalized spacial score (nSPS) is 9.79. The molecule has 0 amide bonds. The fraction of sp³-hybridized carbons (Fsp3) is 0.0667. The molecule has 0 unspecified atom stereocenters. The van der Waals surface area contributed by atoms with Crippen LogP contribution in [0, 0.1) is 16.4 Å². The quantitative estimate of drug-likeness (QED) is 0.235. The first kappa shape index (κ1) is 23.0. The van der Waals surface area contributed by atoms with E-state index >= 15 is 0 Å². The van der Waals surface area contributed by atoms with Crippen molar-refractivity contribution in [3.63, 3.8) is 0 Å². The van der Waals surface area contributed by atoms with Crippen molar-refractivity contribution < 1.29 is 14.3 Å². The molecule has 0 radical (unpaired) electrons. The summed E-state index contributed by atoms with van der Waals surface area (Å²) in [6.45, 7) is 0. The molecule has 0 aliphatic rings. The number of hydrogen-bond acceptors (Lipinski definition) is 7. The molecule has 3 aromatic rings. The third-order valence-corrected chi connectivity index (χ3v) is 4.04. The lowest BCUT2D eigenvalue weighted by molar-refractivity contribution is 0.502. The van der Waals surface area contributed by atoms with Gasteiger partial charge in [0.15, 0.2) is 21.6 Å². The van der Waals surface area contributed by atoms with Crippen LogP contribution in [0.2, 0.25) is 0 Å². The monoisotopic (exact) mass is 430 g/mol. The van der Waals surface area contributed by atoms with E-state index in [-0.39, 0.29) is 49.5 Å². The summed E-state index contributed by atoms with van der Waals surface area (Å²) in [5.41, 5.74) is 10.2. The number of anilines is 2. The lowest BCUT2D eigenvalue weighted by atomic mass is 10.2. The number of benzene rings is 1. The van der Waals surface area contributed by atoms with E-state index in [4.69, 9.17) is 11.5 Å². The highest BCUT2D eigenvalue weighted by molar-refractivity contribution is 7.98. The molecule has 0 bridgehead atoms. The van der Waals surface area contributed by atoms with Crippen LogP contribution in [0.3, 0.4) is 0 Å². The van der Waals surface area contributed by atoms with E-state index in [2.05, 4.69) is 32.2 Å². The van der Waals surface area contributed by atoms with Gasteiger partial charge in [-0.1, -0.05) is 23.9 Å². The van der Waals surface area contributed by atoms with Crippen LogP contribution in [0.5, 0.6) is 0 Å². The van der Waals surface area contributed by atoms with Crippen molar-refractivity contribution >= 4 is 35.6 Å². The van der Waals surface area contributed by atoms with E-state index in [9.17, 15) is 18.4 Å². The first-order chi connectivity index (χ1) is 12.7. The van der Waals surface area contributed by atoms with Gasteiger partial charge in [-0.25, -0.2) is 13.8 Å². The van der Waals surface area contributed by atoms with E-state index in [1.54, 1.807) is 0 Å². The number of aromatic nitrogens is 4. The van der Waals surface area contributed by atoms with Gasteiger partial charge < -0.3 is 26.9 Å². The predicted octanol–water partition coefficient (Wildman–Crippen LogP) is 1.11. The molecular formula is C15H16F2N6O3S2. The van der Waals surface area contributed by atoms with Crippen LogP contribution in [0.4, 0.5) is 20.4 Å². The number of rotatable bonds is 3. The van der Waals surface area contributed by atoms with Gasteiger partial charge in [0.25, 0.3) is 11.1 Å². The maximum Gasteiger partial charge on any atom is 0.253 e. The summed E-state index contributed by atoms with van der Waals surface area (Å²) < 4.78 is 26.6. The van der Waals surface area contributed by atoms with Gasteiger partial charge in [-0.2, -0.15) is 0 Å². The first-order valence-electron chi connectivity index (χ1n) is 7.26. The number of nitrogens with two attached hydrogens (primary N) is 2. The molecule has 0 spiro atoms. The minimum atomic E-state index is -0.901. The van der Waals surface area contributed by atoms with Crippen LogP contribution in [-0.4, -0.2) is 25.4 Å². The summed E-state index contributed by atoms with van der Waals surface area (Å²) in [6.07, 6.45) is 0. The zero-order valence-electron chi connectivity index (χ0n) is 14.1. The number of halogens is 2. The smallest absolute Gasteiger partial charge is 0.253 e. The van der Waals surface area contributed by atoms with Crippen LogP contribution in [0.1, 0.15) is 5.56 Å². The largest absolute Gasteiger partial charge is 0.412 e. The van der Waals surface area contributed by atoms with E-state index in [1.807, 2.05) is 0 Å². The Hall–Kier alpha value is -3.03. The molecule has 28 heavy (non-hydrogen) atoms. The molecule has 9 nitrogen and oxygen atoms in total. The molecule has 0 saturated heterocycles. The molecule has 2 heterocycles. The Labute approximate surface area is 165 Å². The summed E-state index contributed by atoms with van der Waals surface area (Å²) in [5.74, 6) is -1.28. The van der Waals surface area contributed by atoms with Crippen molar-refractivity contribution in [3.8, 4) is 0 Å².